The van der Waals surface area contributed by atoms with E-state index in [9.17, 15) is 14.3 Å². The minimum atomic E-state index is -1.49. The Morgan fingerprint density at radius 1 is 1.04 bits per heavy atom. The third-order valence-corrected chi connectivity index (χ3v) is 7.54. The van der Waals surface area contributed by atoms with Crippen LogP contribution in [0.4, 0.5) is 17.6 Å². The van der Waals surface area contributed by atoms with Gasteiger partial charge in [-0.05, 0) is 24.3 Å². The van der Waals surface area contributed by atoms with Gasteiger partial charge < -0.3 is 19.1 Å². The Morgan fingerprint density at radius 2 is 1.87 bits per heavy atom. The largest absolute Gasteiger partial charge is 0.478 e. The molecule has 0 bridgehead atoms. The molecule has 0 spiro atoms. The number of benzene rings is 2. The predicted octanol–water partition coefficient (Wildman–Crippen LogP) is 5.80. The molecule has 0 saturated heterocycles. The molecular weight excluding hydrogens is 646 g/mol. The van der Waals surface area contributed by atoms with Gasteiger partial charge in [0.25, 0.3) is 0 Å². The molecule has 16 heteroatoms. The number of hydrogen-bond donors (Lipinski definition) is 1. The van der Waals surface area contributed by atoms with E-state index in [1.54, 1.807) is 12.3 Å². The average molecular weight is 668 g/mol. The molecule has 0 amide bonds. The average Bonchev–Trinajstić information content (AvgIpc) is 3.72. The van der Waals surface area contributed by atoms with Crippen molar-refractivity contribution in [3.63, 3.8) is 0 Å². The zero-order chi connectivity index (χ0) is 33.2. The van der Waals surface area contributed by atoms with Crippen LogP contribution in [0.25, 0.3) is 28.1 Å². The maximum atomic E-state index is 15.5. The second-order valence-corrected chi connectivity index (χ2v) is 10.5. The maximum Gasteiger partial charge on any atom is 0.335 e. The molecule has 240 valence electrons. The lowest BCUT2D eigenvalue weighted by Crippen LogP contribution is -2.11. The predicted molar refractivity (Wildman–Crippen MR) is 159 cm³/mol. The lowest BCUT2D eigenvalue weighted by atomic mass is 10.0. The minimum absolute atomic E-state index is 0.0258. The van der Waals surface area contributed by atoms with Crippen molar-refractivity contribution in [3.8, 4) is 23.0 Å². The molecule has 0 aliphatic heterocycles. The summed E-state index contributed by atoms with van der Waals surface area (Å²) in [6.45, 7) is 0.0814. The molecule has 4 heterocycles. The topological polar surface area (TPSA) is 130 Å². The number of pyridine rings is 2. The van der Waals surface area contributed by atoms with Crippen LogP contribution in [0.15, 0.2) is 61.1 Å². The van der Waals surface area contributed by atoms with E-state index in [0.717, 1.165) is 12.1 Å². The lowest BCUT2D eigenvalue weighted by molar-refractivity contribution is 0.0696. The summed E-state index contributed by atoms with van der Waals surface area (Å²) in [4.78, 5) is 24.1. The van der Waals surface area contributed by atoms with E-state index in [-0.39, 0.29) is 53.8 Å². The van der Waals surface area contributed by atoms with Gasteiger partial charge in [-0.25, -0.2) is 42.0 Å². The summed E-state index contributed by atoms with van der Waals surface area (Å²) in [5, 5.41) is 17.3. The summed E-state index contributed by atoms with van der Waals surface area (Å²) in [6.07, 6.45) is 3.99. The van der Waals surface area contributed by atoms with Crippen LogP contribution in [-0.4, -0.2) is 59.3 Å². The molecule has 0 aliphatic carbocycles. The van der Waals surface area contributed by atoms with Crippen LogP contribution in [0.1, 0.15) is 27.3 Å². The highest BCUT2D eigenvalue weighted by molar-refractivity contribution is 6.31. The fourth-order valence-electron chi connectivity index (χ4n) is 4.87. The number of carboxylic acids is 1. The number of carbonyl (C=O) groups is 1. The van der Waals surface area contributed by atoms with Gasteiger partial charge in [-0.2, -0.15) is 0 Å². The van der Waals surface area contributed by atoms with Gasteiger partial charge in [-0.1, -0.05) is 22.9 Å². The highest BCUT2D eigenvalue weighted by Gasteiger charge is 2.24. The molecule has 0 unspecified atom stereocenters. The van der Waals surface area contributed by atoms with Crippen molar-refractivity contribution < 1.29 is 36.9 Å². The van der Waals surface area contributed by atoms with Crippen LogP contribution in [0.2, 0.25) is 5.02 Å². The van der Waals surface area contributed by atoms with E-state index < -0.39 is 46.8 Å². The number of nitrogens with zero attached hydrogens (tertiary/aromatic N) is 7. The number of methoxy groups -OCH3 is 1. The number of halogens is 5. The van der Waals surface area contributed by atoms with Gasteiger partial charge >= 0.3 is 5.97 Å². The highest BCUT2D eigenvalue weighted by atomic mass is 35.5. The Hall–Kier alpha value is -5.41. The van der Waals surface area contributed by atoms with Gasteiger partial charge in [0.2, 0.25) is 5.88 Å². The first-order valence-corrected chi connectivity index (χ1v) is 14.2. The monoisotopic (exact) mass is 667 g/mol. The number of fused-ring (bicyclic) bond motifs is 1. The zero-order valence-electron chi connectivity index (χ0n) is 24.3. The van der Waals surface area contributed by atoms with Crippen molar-refractivity contribution >= 4 is 28.6 Å². The molecule has 6 aromatic rings. The Bertz CT molecular complexity index is 2130. The fraction of sp³-hybridized carbons (Fsp3) is 0.161. The summed E-state index contributed by atoms with van der Waals surface area (Å²) in [6, 6.07) is 8.68. The van der Waals surface area contributed by atoms with Gasteiger partial charge in [0.15, 0.2) is 23.3 Å². The summed E-state index contributed by atoms with van der Waals surface area (Å²) >= 11 is 6.36. The molecule has 6 rings (SSSR count). The van der Waals surface area contributed by atoms with E-state index >= 15 is 13.2 Å². The van der Waals surface area contributed by atoms with Crippen LogP contribution in [-0.2, 0) is 24.3 Å². The molecular formula is C31H22ClF4N7O4. The van der Waals surface area contributed by atoms with Gasteiger partial charge in [0.1, 0.15) is 23.8 Å². The van der Waals surface area contributed by atoms with E-state index in [1.165, 1.54) is 53.0 Å². The summed E-state index contributed by atoms with van der Waals surface area (Å²) in [5.74, 6) is -5.84. The first kappa shape index (κ1) is 31.6. The Morgan fingerprint density at radius 3 is 2.60 bits per heavy atom. The molecule has 47 heavy (non-hydrogen) atoms. The molecule has 0 fully saturated rings. The van der Waals surface area contributed by atoms with E-state index in [2.05, 4.69) is 25.3 Å². The maximum absolute atomic E-state index is 15.5. The standard InChI is InChI=1S/C31H22ClF4N7O4/c1-46-8-7-42-24-10-16(31(44)45)9-22(34)30(24)40-26(42)12-18-21(33)11-19(29(36)28(18)35)23-3-2-4-27(39-23)47-15-17-14-37-25(13-20(17)32)43-6-5-38-41-43/h2-6,9-11,13-14H,7-8,12,15H2,1H3,(H,44,45). The van der Waals surface area contributed by atoms with Gasteiger partial charge in [0, 0.05) is 55.1 Å². The van der Waals surface area contributed by atoms with Gasteiger partial charge in [-0.15, -0.1) is 5.10 Å². The molecule has 0 aliphatic rings. The lowest BCUT2D eigenvalue weighted by Gasteiger charge is -2.13. The summed E-state index contributed by atoms with van der Waals surface area (Å²) in [5.41, 5.74) is -1.19. The normalized spacial score (nSPS) is 11.4. The van der Waals surface area contributed by atoms with Crippen molar-refractivity contribution in [1.29, 1.82) is 0 Å². The van der Waals surface area contributed by atoms with Crippen molar-refractivity contribution in [2.24, 2.45) is 0 Å². The molecule has 0 radical (unpaired) electrons. The Labute approximate surface area is 268 Å². The summed E-state index contributed by atoms with van der Waals surface area (Å²) < 4.78 is 74.9. The number of imidazole rings is 1. The fourth-order valence-corrected chi connectivity index (χ4v) is 5.07. The SMILES string of the molecule is COCCn1c(Cc2c(F)cc(-c3cccc(OCc4cnc(-n5ccnn5)cc4Cl)n3)c(F)c2F)nc2c(F)cc(C(=O)O)cc21. The number of hydrogen-bond acceptors (Lipinski definition) is 8. The molecule has 0 saturated carbocycles. The van der Waals surface area contributed by atoms with E-state index in [4.69, 9.17) is 21.1 Å². The third-order valence-electron chi connectivity index (χ3n) is 7.19. The van der Waals surface area contributed by atoms with Crippen LogP contribution in [0.5, 0.6) is 5.88 Å². The Kier molecular flexibility index (Phi) is 8.82. The van der Waals surface area contributed by atoms with Crippen molar-refractivity contribution in [3.05, 3.63) is 112 Å². The van der Waals surface area contributed by atoms with Crippen LogP contribution < -0.4 is 4.74 Å². The molecule has 2 aromatic carbocycles. The quantitative estimate of drug-likeness (QED) is 0.135. The highest BCUT2D eigenvalue weighted by Crippen LogP contribution is 2.31. The molecule has 11 nitrogen and oxygen atoms in total. The Balaban J connectivity index is 1.27. The van der Waals surface area contributed by atoms with Crippen LogP contribution >= 0.6 is 11.6 Å². The van der Waals surface area contributed by atoms with Crippen LogP contribution in [0.3, 0.4) is 0 Å². The van der Waals surface area contributed by atoms with E-state index in [1.807, 2.05) is 0 Å². The van der Waals surface area contributed by atoms with Gasteiger partial charge in [-0.3, -0.25) is 0 Å². The third kappa shape index (κ3) is 6.35. The number of rotatable bonds is 11. The number of aromatic nitrogens is 7. The minimum Gasteiger partial charge on any atom is -0.478 e. The number of ether oxygens (including phenoxy) is 2. The molecule has 4 aromatic heterocycles. The molecule has 0 atom stereocenters. The second-order valence-electron chi connectivity index (χ2n) is 10.1. The summed E-state index contributed by atoms with van der Waals surface area (Å²) in [7, 11) is 1.41. The second kappa shape index (κ2) is 13.1. The zero-order valence-corrected chi connectivity index (χ0v) is 25.1. The van der Waals surface area contributed by atoms with Crippen molar-refractivity contribution in [2.45, 2.75) is 19.6 Å². The van der Waals surface area contributed by atoms with Crippen molar-refractivity contribution in [1.82, 2.24) is 34.5 Å². The van der Waals surface area contributed by atoms with Gasteiger partial charge in [0.05, 0.1) is 40.8 Å². The van der Waals surface area contributed by atoms with E-state index in [0.29, 0.717) is 16.4 Å². The first-order valence-electron chi connectivity index (χ1n) is 13.8. The number of aromatic carboxylic acids is 1. The first-order chi connectivity index (χ1) is 22.6. The van der Waals surface area contributed by atoms with Crippen molar-refractivity contribution in [2.75, 3.05) is 13.7 Å². The number of carboxylic acid groups (broad SMARTS) is 1. The smallest absolute Gasteiger partial charge is 0.335 e. The molecule has 1 N–H and O–H groups in total. The van der Waals surface area contributed by atoms with Crippen LogP contribution in [0, 0.1) is 23.3 Å².